The van der Waals surface area contributed by atoms with E-state index in [1.165, 1.54) is 11.8 Å². The second-order valence-corrected chi connectivity index (χ2v) is 7.76. The second-order valence-electron chi connectivity index (χ2n) is 7.76. The van der Waals surface area contributed by atoms with Crippen LogP contribution in [0.1, 0.15) is 41.9 Å². The number of furan rings is 1. The summed E-state index contributed by atoms with van der Waals surface area (Å²) in [6, 6.07) is 21.9. The van der Waals surface area contributed by atoms with Crippen molar-refractivity contribution in [3.8, 4) is 11.1 Å². The van der Waals surface area contributed by atoms with Crippen molar-refractivity contribution in [2.24, 2.45) is 5.92 Å². The van der Waals surface area contributed by atoms with Gasteiger partial charge in [-0.15, -0.1) is 0 Å². The van der Waals surface area contributed by atoms with E-state index < -0.39 is 0 Å². The molecule has 0 spiro atoms. The highest BCUT2D eigenvalue weighted by Gasteiger charge is 2.29. The number of hydrogen-bond acceptors (Lipinski definition) is 3. The van der Waals surface area contributed by atoms with Crippen molar-refractivity contribution in [1.29, 1.82) is 0 Å². The predicted molar refractivity (Wildman–Crippen MR) is 116 cm³/mol. The minimum absolute atomic E-state index is 0.0553. The molecular weight excluding hydrogens is 376 g/mol. The van der Waals surface area contributed by atoms with E-state index in [4.69, 9.17) is 4.42 Å². The van der Waals surface area contributed by atoms with Gasteiger partial charge in [-0.3, -0.25) is 9.59 Å². The van der Waals surface area contributed by atoms with Crippen molar-refractivity contribution in [2.75, 3.05) is 13.1 Å². The number of carbonyl (C=O) groups is 2. The van der Waals surface area contributed by atoms with Crippen LogP contribution in [-0.4, -0.2) is 29.8 Å². The van der Waals surface area contributed by atoms with E-state index in [1.807, 2.05) is 25.1 Å². The van der Waals surface area contributed by atoms with Crippen LogP contribution in [0.25, 0.3) is 11.1 Å². The SMILES string of the molecule is C[C@H](NC(=O)C1CCN(C(=O)c2ccco2)CC1)c1ccc(-c2ccccc2)cc1. The van der Waals surface area contributed by atoms with Crippen LogP contribution in [0, 0.1) is 5.92 Å². The number of hydrogen-bond donors (Lipinski definition) is 1. The Hall–Kier alpha value is -3.34. The van der Waals surface area contributed by atoms with Gasteiger partial charge in [0, 0.05) is 19.0 Å². The molecule has 0 aliphatic carbocycles. The van der Waals surface area contributed by atoms with E-state index >= 15 is 0 Å². The summed E-state index contributed by atoms with van der Waals surface area (Å²) in [4.78, 5) is 26.9. The zero-order valence-electron chi connectivity index (χ0n) is 17.1. The van der Waals surface area contributed by atoms with E-state index in [2.05, 4.69) is 41.7 Å². The topological polar surface area (TPSA) is 62.6 Å². The third kappa shape index (κ3) is 4.46. The number of carbonyl (C=O) groups excluding carboxylic acids is 2. The fourth-order valence-corrected chi connectivity index (χ4v) is 3.91. The Balaban J connectivity index is 1.30. The minimum atomic E-state index is -0.106. The summed E-state index contributed by atoms with van der Waals surface area (Å²) >= 11 is 0. The molecule has 1 N–H and O–H groups in total. The quantitative estimate of drug-likeness (QED) is 0.674. The van der Waals surface area contributed by atoms with E-state index in [0.29, 0.717) is 31.7 Å². The van der Waals surface area contributed by atoms with Crippen LogP contribution in [0.4, 0.5) is 0 Å². The number of nitrogens with one attached hydrogen (secondary N) is 1. The van der Waals surface area contributed by atoms with Gasteiger partial charge in [0.25, 0.3) is 5.91 Å². The van der Waals surface area contributed by atoms with Crippen LogP contribution in [-0.2, 0) is 4.79 Å². The molecule has 3 aromatic rings. The number of benzene rings is 2. The van der Waals surface area contributed by atoms with Gasteiger partial charge in [0.15, 0.2) is 5.76 Å². The monoisotopic (exact) mass is 402 g/mol. The molecule has 2 aromatic carbocycles. The highest BCUT2D eigenvalue weighted by atomic mass is 16.3. The molecule has 154 valence electrons. The van der Waals surface area contributed by atoms with Crippen molar-refractivity contribution >= 4 is 11.8 Å². The lowest BCUT2D eigenvalue weighted by Gasteiger charge is -2.31. The molecule has 1 aliphatic rings. The molecule has 0 saturated carbocycles. The van der Waals surface area contributed by atoms with Crippen molar-refractivity contribution in [3.05, 3.63) is 84.3 Å². The minimum Gasteiger partial charge on any atom is -0.459 e. The summed E-state index contributed by atoms with van der Waals surface area (Å²) in [6.45, 7) is 3.14. The van der Waals surface area contributed by atoms with Gasteiger partial charge < -0.3 is 14.6 Å². The molecule has 2 amide bonds. The third-order valence-corrected chi connectivity index (χ3v) is 5.76. The molecule has 30 heavy (non-hydrogen) atoms. The zero-order chi connectivity index (χ0) is 20.9. The molecule has 0 unspecified atom stereocenters. The Bertz CT molecular complexity index is 973. The average molecular weight is 402 g/mol. The highest BCUT2D eigenvalue weighted by Crippen LogP contribution is 2.24. The molecule has 1 aliphatic heterocycles. The summed E-state index contributed by atoms with van der Waals surface area (Å²) in [5.74, 6) is 0.229. The zero-order valence-corrected chi connectivity index (χ0v) is 17.1. The summed E-state index contributed by atoms with van der Waals surface area (Å²) in [7, 11) is 0. The average Bonchev–Trinajstić information content (AvgIpc) is 3.34. The number of rotatable bonds is 5. The Morgan fingerprint density at radius 2 is 1.60 bits per heavy atom. The van der Waals surface area contributed by atoms with Gasteiger partial charge >= 0.3 is 0 Å². The molecule has 4 rings (SSSR count). The molecule has 1 atom stereocenters. The first-order valence-electron chi connectivity index (χ1n) is 10.4. The molecule has 0 radical (unpaired) electrons. The standard InChI is InChI=1S/C25H26N2O3/c1-18(19-9-11-21(12-10-19)20-6-3-2-4-7-20)26-24(28)22-13-15-27(16-14-22)25(29)23-8-5-17-30-23/h2-12,17-18,22H,13-16H2,1H3,(H,26,28)/t18-/m0/s1. The summed E-state index contributed by atoms with van der Waals surface area (Å²) in [6.07, 6.45) is 2.83. The predicted octanol–water partition coefficient (Wildman–Crippen LogP) is 4.68. The van der Waals surface area contributed by atoms with Gasteiger partial charge in [-0.1, -0.05) is 54.6 Å². The largest absolute Gasteiger partial charge is 0.459 e. The van der Waals surface area contributed by atoms with Gasteiger partial charge in [0.2, 0.25) is 5.91 Å². The maximum absolute atomic E-state index is 12.7. The summed E-state index contributed by atoms with van der Waals surface area (Å²) in [5.41, 5.74) is 3.41. The van der Waals surface area contributed by atoms with Crippen molar-refractivity contribution in [2.45, 2.75) is 25.8 Å². The van der Waals surface area contributed by atoms with Crippen LogP contribution in [0.3, 0.4) is 0 Å². The fraction of sp³-hybridized carbons (Fsp3) is 0.280. The van der Waals surface area contributed by atoms with Crippen LogP contribution < -0.4 is 5.32 Å². The lowest BCUT2D eigenvalue weighted by atomic mass is 9.94. The van der Waals surface area contributed by atoms with Gasteiger partial charge in [-0.05, 0) is 48.6 Å². The van der Waals surface area contributed by atoms with E-state index in [9.17, 15) is 9.59 Å². The van der Waals surface area contributed by atoms with E-state index in [-0.39, 0.29) is 23.8 Å². The van der Waals surface area contributed by atoms with Crippen LogP contribution in [0.5, 0.6) is 0 Å². The summed E-state index contributed by atoms with van der Waals surface area (Å²) in [5, 5.41) is 3.14. The molecule has 1 fully saturated rings. The molecule has 1 aromatic heterocycles. The molecule has 5 nitrogen and oxygen atoms in total. The molecule has 2 heterocycles. The first-order chi connectivity index (χ1) is 14.6. The lowest BCUT2D eigenvalue weighted by molar-refractivity contribution is -0.127. The van der Waals surface area contributed by atoms with Crippen LogP contribution in [0.2, 0.25) is 0 Å². The highest BCUT2D eigenvalue weighted by molar-refractivity contribution is 5.91. The smallest absolute Gasteiger partial charge is 0.289 e. The number of nitrogens with zero attached hydrogens (tertiary/aromatic N) is 1. The number of likely N-dealkylation sites (tertiary alicyclic amines) is 1. The molecular formula is C25H26N2O3. The molecule has 1 saturated heterocycles. The number of piperidine rings is 1. The van der Waals surface area contributed by atoms with Gasteiger partial charge in [0.05, 0.1) is 12.3 Å². The number of amides is 2. The van der Waals surface area contributed by atoms with E-state index in [1.54, 1.807) is 17.0 Å². The maximum atomic E-state index is 12.7. The van der Waals surface area contributed by atoms with E-state index in [0.717, 1.165) is 11.1 Å². The Kier molecular flexibility index (Phi) is 5.98. The van der Waals surface area contributed by atoms with Gasteiger partial charge in [0.1, 0.15) is 0 Å². The Labute approximate surface area is 176 Å². The summed E-state index contributed by atoms with van der Waals surface area (Å²) < 4.78 is 5.19. The maximum Gasteiger partial charge on any atom is 0.289 e. The first-order valence-corrected chi connectivity index (χ1v) is 10.4. The third-order valence-electron chi connectivity index (χ3n) is 5.76. The van der Waals surface area contributed by atoms with Gasteiger partial charge in [-0.2, -0.15) is 0 Å². The van der Waals surface area contributed by atoms with Crippen LogP contribution in [0.15, 0.2) is 77.4 Å². The normalized spacial score (nSPS) is 15.6. The van der Waals surface area contributed by atoms with Crippen molar-refractivity contribution < 1.29 is 14.0 Å². The lowest BCUT2D eigenvalue weighted by Crippen LogP contribution is -2.43. The van der Waals surface area contributed by atoms with Crippen molar-refractivity contribution in [3.63, 3.8) is 0 Å². The molecule has 0 bridgehead atoms. The second kappa shape index (κ2) is 8.99. The van der Waals surface area contributed by atoms with Gasteiger partial charge in [-0.25, -0.2) is 0 Å². The Morgan fingerprint density at radius 1 is 0.933 bits per heavy atom. The Morgan fingerprint density at radius 3 is 2.23 bits per heavy atom. The van der Waals surface area contributed by atoms with Crippen molar-refractivity contribution in [1.82, 2.24) is 10.2 Å². The first kappa shape index (κ1) is 20.0. The van der Waals surface area contributed by atoms with Crippen LogP contribution >= 0.6 is 0 Å². The fourth-order valence-electron chi connectivity index (χ4n) is 3.91. The molecule has 5 heteroatoms.